The predicted octanol–water partition coefficient (Wildman–Crippen LogP) is 0.0610. The van der Waals surface area contributed by atoms with Crippen LogP contribution in [0.15, 0.2) is 17.4 Å². The summed E-state index contributed by atoms with van der Waals surface area (Å²) in [5.74, 6) is -0.316. The van der Waals surface area contributed by atoms with Gasteiger partial charge in [0.25, 0.3) is 0 Å². The number of hydrogen-bond acceptors (Lipinski definition) is 5. The Balaban J connectivity index is 2.45. The molecule has 0 saturated carbocycles. The summed E-state index contributed by atoms with van der Waals surface area (Å²) in [5.41, 5.74) is 0. The second kappa shape index (κ2) is 5.11. The second-order valence-corrected chi connectivity index (χ2v) is 3.37. The molecule has 13 heavy (non-hydrogen) atoms. The molecule has 0 saturated heterocycles. The van der Waals surface area contributed by atoms with Crippen LogP contribution in [-0.4, -0.2) is 38.6 Å². The fourth-order valence-corrected chi connectivity index (χ4v) is 1.40. The highest BCUT2D eigenvalue weighted by Gasteiger charge is 2.04. The van der Waals surface area contributed by atoms with Crippen molar-refractivity contribution in [3.8, 4) is 0 Å². The van der Waals surface area contributed by atoms with Crippen LogP contribution in [0, 0.1) is 5.95 Å². The van der Waals surface area contributed by atoms with Gasteiger partial charge in [0.05, 0.1) is 12.7 Å². The van der Waals surface area contributed by atoms with Gasteiger partial charge in [-0.05, 0) is 0 Å². The van der Waals surface area contributed by atoms with E-state index >= 15 is 0 Å². The Morgan fingerprint density at radius 3 is 2.92 bits per heavy atom. The van der Waals surface area contributed by atoms with Gasteiger partial charge in [0.15, 0.2) is 0 Å². The van der Waals surface area contributed by atoms with Crippen molar-refractivity contribution in [1.82, 2.24) is 9.97 Å². The van der Waals surface area contributed by atoms with Gasteiger partial charge in [-0.15, -0.1) is 11.8 Å². The average molecular weight is 204 g/mol. The fraction of sp³-hybridized carbons (Fsp3) is 0.429. The van der Waals surface area contributed by atoms with E-state index in [2.05, 4.69) is 9.97 Å². The summed E-state index contributed by atoms with van der Waals surface area (Å²) in [7, 11) is 0. The van der Waals surface area contributed by atoms with Crippen molar-refractivity contribution in [1.29, 1.82) is 0 Å². The smallest absolute Gasteiger partial charge is 0.217 e. The average Bonchev–Trinajstić information content (AvgIpc) is 2.14. The van der Waals surface area contributed by atoms with E-state index in [0.29, 0.717) is 5.03 Å². The second-order valence-electron chi connectivity index (χ2n) is 2.33. The first kappa shape index (κ1) is 10.4. The van der Waals surface area contributed by atoms with Crippen molar-refractivity contribution in [3.63, 3.8) is 0 Å². The molecular formula is C7H9FN2O2S. The third kappa shape index (κ3) is 3.67. The Bertz CT molecular complexity index is 274. The summed E-state index contributed by atoms with van der Waals surface area (Å²) < 4.78 is 12.5. The number of halogens is 1. The molecule has 0 bridgehead atoms. The lowest BCUT2D eigenvalue weighted by atomic mass is 10.4. The van der Waals surface area contributed by atoms with Crippen LogP contribution in [0.4, 0.5) is 4.39 Å². The molecule has 1 aromatic rings. The summed E-state index contributed by atoms with van der Waals surface area (Å²) >= 11 is 1.17. The maximum absolute atomic E-state index is 12.5. The molecule has 0 aliphatic rings. The van der Waals surface area contributed by atoms with Gasteiger partial charge in [-0.2, -0.15) is 4.39 Å². The Morgan fingerprint density at radius 1 is 1.54 bits per heavy atom. The van der Waals surface area contributed by atoms with Crippen LogP contribution in [0.1, 0.15) is 0 Å². The van der Waals surface area contributed by atoms with Crippen molar-refractivity contribution in [3.05, 3.63) is 18.3 Å². The van der Waals surface area contributed by atoms with Crippen LogP contribution in [0.5, 0.6) is 0 Å². The molecule has 0 fully saturated rings. The fourth-order valence-electron chi connectivity index (χ4n) is 0.631. The molecular weight excluding hydrogens is 195 g/mol. The maximum Gasteiger partial charge on any atom is 0.217 e. The summed E-state index contributed by atoms with van der Waals surface area (Å²) in [5, 5.41) is 17.9. The standard InChI is InChI=1S/C7H9FN2O2S/c8-6-1-7(10-4-9-6)13-3-5(12)2-11/h1,4-5,11-12H,2-3H2. The van der Waals surface area contributed by atoms with Gasteiger partial charge >= 0.3 is 0 Å². The van der Waals surface area contributed by atoms with Crippen LogP contribution >= 0.6 is 11.8 Å². The van der Waals surface area contributed by atoms with E-state index in [9.17, 15) is 4.39 Å². The van der Waals surface area contributed by atoms with Gasteiger partial charge in [-0.3, -0.25) is 0 Å². The van der Waals surface area contributed by atoms with Gasteiger partial charge < -0.3 is 10.2 Å². The number of thioether (sulfide) groups is 1. The third-order valence-corrected chi connectivity index (χ3v) is 2.31. The highest BCUT2D eigenvalue weighted by atomic mass is 32.2. The van der Waals surface area contributed by atoms with Gasteiger partial charge in [-0.25, -0.2) is 9.97 Å². The summed E-state index contributed by atoms with van der Waals surface area (Å²) in [4.78, 5) is 7.05. The highest BCUT2D eigenvalue weighted by molar-refractivity contribution is 7.99. The molecule has 1 atom stereocenters. The van der Waals surface area contributed by atoms with Gasteiger partial charge in [-0.1, -0.05) is 0 Å². The molecule has 0 radical (unpaired) electrons. The maximum atomic E-state index is 12.5. The van der Waals surface area contributed by atoms with Crippen molar-refractivity contribution in [2.24, 2.45) is 0 Å². The molecule has 1 heterocycles. The van der Waals surface area contributed by atoms with Crippen molar-refractivity contribution in [2.45, 2.75) is 11.1 Å². The SMILES string of the molecule is OCC(O)CSc1cc(F)ncn1. The van der Waals surface area contributed by atoms with E-state index in [1.807, 2.05) is 0 Å². The molecule has 1 aromatic heterocycles. The first-order valence-electron chi connectivity index (χ1n) is 3.61. The number of hydrogen-bond donors (Lipinski definition) is 2. The van der Waals surface area contributed by atoms with Crippen LogP contribution in [0.25, 0.3) is 0 Å². The molecule has 0 aromatic carbocycles. The molecule has 1 unspecified atom stereocenters. The lowest BCUT2D eigenvalue weighted by Crippen LogP contribution is -2.14. The quantitative estimate of drug-likeness (QED) is 0.536. The van der Waals surface area contributed by atoms with Gasteiger partial charge in [0.1, 0.15) is 11.4 Å². The van der Waals surface area contributed by atoms with Crippen molar-refractivity contribution >= 4 is 11.8 Å². The van der Waals surface area contributed by atoms with E-state index in [0.717, 1.165) is 6.33 Å². The molecule has 4 nitrogen and oxygen atoms in total. The zero-order valence-electron chi connectivity index (χ0n) is 6.72. The van der Waals surface area contributed by atoms with Gasteiger partial charge in [0, 0.05) is 11.8 Å². The Kier molecular flexibility index (Phi) is 4.07. The molecule has 0 spiro atoms. The Morgan fingerprint density at radius 2 is 2.31 bits per heavy atom. The number of nitrogens with zero attached hydrogens (tertiary/aromatic N) is 2. The highest BCUT2D eigenvalue weighted by Crippen LogP contribution is 2.15. The normalized spacial score (nSPS) is 12.8. The predicted molar refractivity (Wildman–Crippen MR) is 45.8 cm³/mol. The van der Waals surface area contributed by atoms with E-state index in [1.165, 1.54) is 17.8 Å². The summed E-state index contributed by atoms with van der Waals surface area (Å²) in [6.07, 6.45) is 0.311. The monoisotopic (exact) mass is 204 g/mol. The van der Waals surface area contributed by atoms with Crippen LogP contribution in [0.2, 0.25) is 0 Å². The molecule has 0 amide bonds. The van der Waals surface area contributed by atoms with E-state index in [4.69, 9.17) is 10.2 Å². The van der Waals surface area contributed by atoms with Crippen LogP contribution < -0.4 is 0 Å². The largest absolute Gasteiger partial charge is 0.394 e. The van der Waals surface area contributed by atoms with E-state index < -0.39 is 12.1 Å². The molecule has 72 valence electrons. The van der Waals surface area contributed by atoms with E-state index in [1.54, 1.807) is 0 Å². The van der Waals surface area contributed by atoms with Crippen molar-refractivity contribution < 1.29 is 14.6 Å². The number of aliphatic hydroxyl groups excluding tert-OH is 2. The zero-order chi connectivity index (χ0) is 9.68. The van der Waals surface area contributed by atoms with E-state index in [-0.39, 0.29) is 12.4 Å². The minimum Gasteiger partial charge on any atom is -0.394 e. The third-order valence-electron chi connectivity index (χ3n) is 1.24. The zero-order valence-corrected chi connectivity index (χ0v) is 7.54. The first-order valence-corrected chi connectivity index (χ1v) is 4.60. The minimum atomic E-state index is -0.803. The lowest BCUT2D eigenvalue weighted by Gasteiger charge is -2.04. The first-order chi connectivity index (χ1) is 6.22. The minimum absolute atomic E-state index is 0.285. The topological polar surface area (TPSA) is 66.2 Å². The molecule has 0 aliphatic heterocycles. The van der Waals surface area contributed by atoms with Crippen LogP contribution in [0.3, 0.4) is 0 Å². The lowest BCUT2D eigenvalue weighted by molar-refractivity contribution is 0.113. The summed E-state index contributed by atoms with van der Waals surface area (Å²) in [6.45, 7) is -0.305. The molecule has 2 N–H and O–H groups in total. The van der Waals surface area contributed by atoms with Crippen molar-refractivity contribution in [2.75, 3.05) is 12.4 Å². The Hall–Kier alpha value is -0.720. The van der Waals surface area contributed by atoms with Gasteiger partial charge in [0.2, 0.25) is 5.95 Å². The Labute approximate surface area is 78.8 Å². The molecule has 0 aliphatic carbocycles. The number of aliphatic hydroxyl groups is 2. The molecule has 6 heteroatoms. The number of rotatable bonds is 4. The van der Waals surface area contributed by atoms with Crippen LogP contribution in [-0.2, 0) is 0 Å². The molecule has 1 rings (SSSR count). The summed E-state index contributed by atoms with van der Waals surface area (Å²) in [6, 6.07) is 1.18. The number of aromatic nitrogens is 2.